The van der Waals surface area contributed by atoms with Crippen LogP contribution in [0.1, 0.15) is 16.8 Å². The van der Waals surface area contributed by atoms with Crippen molar-refractivity contribution in [2.75, 3.05) is 37.6 Å². The predicted octanol–water partition coefficient (Wildman–Crippen LogP) is 3.78. The molecule has 2 heterocycles. The Balaban J connectivity index is 1.48. The molecule has 0 unspecified atom stereocenters. The topological polar surface area (TPSA) is 36.4 Å². The van der Waals surface area contributed by atoms with Crippen LogP contribution in [0.2, 0.25) is 10.0 Å². The first-order valence-corrected chi connectivity index (χ1v) is 8.75. The van der Waals surface area contributed by atoms with E-state index in [1.165, 1.54) is 0 Å². The highest BCUT2D eigenvalue weighted by Crippen LogP contribution is 2.23. The molecule has 0 spiro atoms. The standard InChI is InChI=1S/C18H19Cl2N3O/c19-15-5-4-14(13-16(15)20)17(24)6-8-22-9-11-23(12-10-22)18-3-1-2-7-21-18/h1-5,7,13H,6,8-12H2. The van der Waals surface area contributed by atoms with E-state index in [2.05, 4.69) is 14.8 Å². The van der Waals surface area contributed by atoms with Crippen LogP contribution in [0.5, 0.6) is 0 Å². The Labute approximate surface area is 152 Å². The van der Waals surface area contributed by atoms with Gasteiger partial charge in [0.1, 0.15) is 5.82 Å². The third-order valence-electron chi connectivity index (χ3n) is 4.24. The van der Waals surface area contributed by atoms with Crippen LogP contribution in [0.25, 0.3) is 0 Å². The highest BCUT2D eigenvalue weighted by atomic mass is 35.5. The van der Waals surface area contributed by atoms with Gasteiger partial charge in [-0.25, -0.2) is 4.98 Å². The van der Waals surface area contributed by atoms with E-state index < -0.39 is 0 Å². The summed E-state index contributed by atoms with van der Waals surface area (Å²) in [6.45, 7) is 4.49. The summed E-state index contributed by atoms with van der Waals surface area (Å²) in [5.74, 6) is 1.12. The van der Waals surface area contributed by atoms with E-state index in [4.69, 9.17) is 23.2 Å². The average molecular weight is 364 g/mol. The summed E-state index contributed by atoms with van der Waals surface area (Å²) in [7, 11) is 0. The monoisotopic (exact) mass is 363 g/mol. The molecule has 24 heavy (non-hydrogen) atoms. The fourth-order valence-corrected chi connectivity index (χ4v) is 3.11. The number of carbonyl (C=O) groups is 1. The molecule has 6 heteroatoms. The fourth-order valence-electron chi connectivity index (χ4n) is 2.81. The van der Waals surface area contributed by atoms with Crippen molar-refractivity contribution >= 4 is 34.8 Å². The minimum atomic E-state index is 0.0979. The molecule has 126 valence electrons. The third kappa shape index (κ3) is 4.26. The summed E-state index contributed by atoms with van der Waals surface area (Å²) in [6, 6.07) is 11.0. The molecule has 1 aliphatic heterocycles. The van der Waals surface area contributed by atoms with Gasteiger partial charge in [-0.2, -0.15) is 0 Å². The number of aromatic nitrogens is 1. The molecule has 1 aromatic heterocycles. The number of carbonyl (C=O) groups excluding carboxylic acids is 1. The second-order valence-electron chi connectivity index (χ2n) is 5.82. The van der Waals surface area contributed by atoms with Crippen molar-refractivity contribution in [1.82, 2.24) is 9.88 Å². The maximum absolute atomic E-state index is 12.3. The van der Waals surface area contributed by atoms with Gasteiger partial charge in [0, 0.05) is 50.9 Å². The van der Waals surface area contributed by atoms with Gasteiger partial charge in [0.2, 0.25) is 0 Å². The third-order valence-corrected chi connectivity index (χ3v) is 4.98. The van der Waals surface area contributed by atoms with Crippen molar-refractivity contribution in [3.05, 3.63) is 58.2 Å². The molecule has 3 rings (SSSR count). The summed E-state index contributed by atoms with van der Waals surface area (Å²) in [6.07, 6.45) is 2.30. The highest BCUT2D eigenvalue weighted by molar-refractivity contribution is 6.42. The maximum Gasteiger partial charge on any atom is 0.164 e. The van der Waals surface area contributed by atoms with Gasteiger partial charge in [0.15, 0.2) is 5.78 Å². The van der Waals surface area contributed by atoms with Crippen LogP contribution in [0.3, 0.4) is 0 Å². The Morgan fingerprint density at radius 2 is 1.83 bits per heavy atom. The lowest BCUT2D eigenvalue weighted by atomic mass is 10.1. The van der Waals surface area contributed by atoms with Crippen LogP contribution >= 0.6 is 23.2 Å². The minimum absolute atomic E-state index is 0.0979. The lowest BCUT2D eigenvalue weighted by Crippen LogP contribution is -2.47. The van der Waals surface area contributed by atoms with E-state index >= 15 is 0 Å². The summed E-state index contributed by atoms with van der Waals surface area (Å²) in [4.78, 5) is 21.3. The number of pyridine rings is 1. The SMILES string of the molecule is O=C(CCN1CCN(c2ccccn2)CC1)c1ccc(Cl)c(Cl)c1. The normalized spacial score (nSPS) is 15.5. The number of ketones is 1. The Morgan fingerprint density at radius 1 is 1.04 bits per heavy atom. The molecule has 4 nitrogen and oxygen atoms in total. The second kappa shape index (κ2) is 7.97. The molecular weight excluding hydrogens is 345 g/mol. The smallest absolute Gasteiger partial charge is 0.164 e. The number of benzene rings is 1. The summed E-state index contributed by atoms with van der Waals surface area (Å²) in [5.41, 5.74) is 0.622. The number of Topliss-reactive ketones (excluding diaryl/α,β-unsaturated/α-hetero) is 1. The molecule has 0 aliphatic carbocycles. The van der Waals surface area contributed by atoms with E-state index in [0.29, 0.717) is 22.0 Å². The quantitative estimate of drug-likeness (QED) is 0.757. The average Bonchev–Trinajstić information content (AvgIpc) is 2.63. The van der Waals surface area contributed by atoms with Crippen LogP contribution in [-0.2, 0) is 0 Å². The zero-order valence-corrected chi connectivity index (χ0v) is 14.8. The lowest BCUT2D eigenvalue weighted by molar-refractivity contribution is 0.0962. The van der Waals surface area contributed by atoms with Crippen LogP contribution in [0.4, 0.5) is 5.82 Å². The van der Waals surface area contributed by atoms with Crippen molar-refractivity contribution in [3.63, 3.8) is 0 Å². The first-order valence-electron chi connectivity index (χ1n) is 8.00. The maximum atomic E-state index is 12.3. The van der Waals surface area contributed by atoms with Crippen LogP contribution in [-0.4, -0.2) is 48.4 Å². The van der Waals surface area contributed by atoms with Crippen LogP contribution in [0.15, 0.2) is 42.6 Å². The largest absolute Gasteiger partial charge is 0.354 e. The first-order chi connectivity index (χ1) is 11.6. The molecular formula is C18H19Cl2N3O. The number of rotatable bonds is 5. The Morgan fingerprint density at radius 3 is 2.50 bits per heavy atom. The van der Waals surface area contributed by atoms with Gasteiger partial charge in [-0.1, -0.05) is 29.3 Å². The fraction of sp³-hybridized carbons (Fsp3) is 0.333. The number of hydrogen-bond donors (Lipinski definition) is 0. The zero-order valence-electron chi connectivity index (χ0n) is 13.3. The number of hydrogen-bond acceptors (Lipinski definition) is 4. The first kappa shape index (κ1) is 17.2. The van der Waals surface area contributed by atoms with Crippen LogP contribution < -0.4 is 4.90 Å². The van der Waals surface area contributed by atoms with Crippen molar-refractivity contribution < 1.29 is 4.79 Å². The van der Waals surface area contributed by atoms with Gasteiger partial charge >= 0.3 is 0 Å². The van der Waals surface area contributed by atoms with E-state index in [1.807, 2.05) is 24.4 Å². The van der Waals surface area contributed by atoms with Gasteiger partial charge < -0.3 is 4.90 Å². The van der Waals surface area contributed by atoms with Gasteiger partial charge in [-0.05, 0) is 30.3 Å². The highest BCUT2D eigenvalue weighted by Gasteiger charge is 2.18. The molecule has 0 saturated carbocycles. The Kier molecular flexibility index (Phi) is 5.72. The molecule has 1 saturated heterocycles. The van der Waals surface area contributed by atoms with Gasteiger partial charge in [0.25, 0.3) is 0 Å². The van der Waals surface area contributed by atoms with E-state index in [-0.39, 0.29) is 5.78 Å². The summed E-state index contributed by atoms with van der Waals surface area (Å²) >= 11 is 11.9. The minimum Gasteiger partial charge on any atom is -0.354 e. The Hall–Kier alpha value is -1.62. The second-order valence-corrected chi connectivity index (χ2v) is 6.63. The van der Waals surface area contributed by atoms with Crippen LogP contribution in [0, 0.1) is 0 Å². The van der Waals surface area contributed by atoms with Crippen molar-refractivity contribution in [3.8, 4) is 0 Å². The molecule has 2 aromatic rings. The van der Waals surface area contributed by atoms with Gasteiger partial charge in [-0.3, -0.25) is 9.69 Å². The van der Waals surface area contributed by atoms with Gasteiger partial charge in [-0.15, -0.1) is 0 Å². The zero-order chi connectivity index (χ0) is 16.9. The van der Waals surface area contributed by atoms with E-state index in [1.54, 1.807) is 18.2 Å². The predicted molar refractivity (Wildman–Crippen MR) is 98.3 cm³/mol. The van der Waals surface area contributed by atoms with Crippen molar-refractivity contribution in [2.24, 2.45) is 0 Å². The molecule has 0 amide bonds. The molecule has 0 N–H and O–H groups in total. The summed E-state index contributed by atoms with van der Waals surface area (Å²) < 4.78 is 0. The lowest BCUT2D eigenvalue weighted by Gasteiger charge is -2.35. The number of anilines is 1. The molecule has 1 fully saturated rings. The molecule has 1 aromatic carbocycles. The molecule has 0 radical (unpaired) electrons. The number of nitrogens with zero attached hydrogens (tertiary/aromatic N) is 3. The van der Waals surface area contributed by atoms with Crippen molar-refractivity contribution in [1.29, 1.82) is 0 Å². The molecule has 1 aliphatic rings. The molecule has 0 atom stereocenters. The van der Waals surface area contributed by atoms with E-state index in [9.17, 15) is 4.79 Å². The number of piperazine rings is 1. The Bertz CT molecular complexity index is 701. The molecule has 0 bridgehead atoms. The van der Waals surface area contributed by atoms with Gasteiger partial charge in [0.05, 0.1) is 10.0 Å². The summed E-state index contributed by atoms with van der Waals surface area (Å²) in [5, 5.41) is 0.894. The van der Waals surface area contributed by atoms with E-state index in [0.717, 1.165) is 38.5 Å². The van der Waals surface area contributed by atoms with Crippen molar-refractivity contribution in [2.45, 2.75) is 6.42 Å². The number of halogens is 2.